The van der Waals surface area contributed by atoms with E-state index in [1.807, 2.05) is 20.8 Å². The van der Waals surface area contributed by atoms with Crippen LogP contribution >= 0.6 is 0 Å². The molecule has 0 radical (unpaired) electrons. The summed E-state index contributed by atoms with van der Waals surface area (Å²) in [5.41, 5.74) is 7.24. The topological polar surface area (TPSA) is 88.4 Å². The maximum atomic E-state index is 12.1. The first kappa shape index (κ1) is 14.6. The van der Waals surface area contributed by atoms with Gasteiger partial charge < -0.3 is 20.4 Å². The predicted molar refractivity (Wildman–Crippen MR) is 75.3 cm³/mol. The number of H-pyrrole nitrogens is 1. The van der Waals surface area contributed by atoms with E-state index in [2.05, 4.69) is 4.98 Å². The fraction of sp³-hybridized carbons (Fsp3) is 0.571. The quantitative estimate of drug-likeness (QED) is 0.806. The van der Waals surface area contributed by atoms with Gasteiger partial charge in [-0.15, -0.1) is 0 Å². The number of fused-ring (bicyclic) bond motifs is 1. The Morgan fingerprint density at radius 1 is 1.50 bits per heavy atom. The first-order valence-corrected chi connectivity index (χ1v) is 6.72. The van der Waals surface area contributed by atoms with Crippen molar-refractivity contribution in [1.82, 2.24) is 9.88 Å². The van der Waals surface area contributed by atoms with E-state index in [1.165, 1.54) is 0 Å². The minimum absolute atomic E-state index is 0.142. The summed E-state index contributed by atoms with van der Waals surface area (Å²) in [7, 11) is 0. The van der Waals surface area contributed by atoms with Gasteiger partial charge in [-0.2, -0.15) is 0 Å². The normalized spacial score (nSPS) is 14.9. The van der Waals surface area contributed by atoms with Crippen molar-refractivity contribution in [2.24, 2.45) is 5.73 Å². The van der Waals surface area contributed by atoms with Crippen LogP contribution in [0.4, 0.5) is 4.79 Å². The Bertz CT molecular complexity index is 572. The maximum Gasteiger partial charge on any atom is 0.410 e. The predicted octanol–water partition coefficient (Wildman–Crippen LogP) is 1.13. The molecule has 0 atom stereocenters. The van der Waals surface area contributed by atoms with E-state index < -0.39 is 5.60 Å². The molecule has 1 aliphatic heterocycles. The lowest BCUT2D eigenvalue weighted by molar-refractivity contribution is 0.0222. The minimum Gasteiger partial charge on any atom is -0.444 e. The Hall–Kier alpha value is -1.82. The molecular formula is C14H21N3O3. The van der Waals surface area contributed by atoms with E-state index in [4.69, 9.17) is 10.5 Å². The maximum absolute atomic E-state index is 12.1. The van der Waals surface area contributed by atoms with Crippen LogP contribution in [0.25, 0.3) is 0 Å². The van der Waals surface area contributed by atoms with Gasteiger partial charge in [0, 0.05) is 30.8 Å². The molecule has 1 aromatic heterocycles. The largest absolute Gasteiger partial charge is 0.444 e. The highest BCUT2D eigenvalue weighted by molar-refractivity contribution is 5.68. The average molecular weight is 279 g/mol. The van der Waals surface area contributed by atoms with Gasteiger partial charge in [-0.3, -0.25) is 4.79 Å². The van der Waals surface area contributed by atoms with E-state index in [0.29, 0.717) is 25.1 Å². The zero-order valence-corrected chi connectivity index (χ0v) is 12.2. The first-order chi connectivity index (χ1) is 9.30. The number of aromatic nitrogens is 1. The molecule has 6 nitrogen and oxygen atoms in total. The summed E-state index contributed by atoms with van der Waals surface area (Å²) < 4.78 is 5.36. The molecule has 0 unspecified atom stereocenters. The number of rotatable bonds is 1. The molecule has 2 rings (SSSR count). The van der Waals surface area contributed by atoms with Crippen LogP contribution in [0.2, 0.25) is 0 Å². The van der Waals surface area contributed by atoms with Crippen LogP contribution in [0.15, 0.2) is 10.9 Å². The molecule has 0 aliphatic carbocycles. The molecule has 0 saturated heterocycles. The Morgan fingerprint density at radius 3 is 2.80 bits per heavy atom. The number of ether oxygens (including phenoxy) is 1. The third-order valence-electron chi connectivity index (χ3n) is 3.16. The number of carbonyl (C=O) groups is 1. The van der Waals surface area contributed by atoms with Gasteiger partial charge in [0.15, 0.2) is 0 Å². The summed E-state index contributed by atoms with van der Waals surface area (Å²) in [6.45, 7) is 6.69. The summed E-state index contributed by atoms with van der Waals surface area (Å²) in [5, 5.41) is 0. The van der Waals surface area contributed by atoms with Crippen molar-refractivity contribution in [2.45, 2.75) is 45.9 Å². The van der Waals surface area contributed by atoms with Crippen LogP contribution in [-0.4, -0.2) is 28.1 Å². The average Bonchev–Trinajstić information content (AvgIpc) is 2.35. The van der Waals surface area contributed by atoms with Gasteiger partial charge in [-0.05, 0) is 32.4 Å². The van der Waals surface area contributed by atoms with E-state index in [1.54, 1.807) is 11.0 Å². The molecule has 0 spiro atoms. The van der Waals surface area contributed by atoms with Gasteiger partial charge in [0.2, 0.25) is 0 Å². The molecule has 20 heavy (non-hydrogen) atoms. The third-order valence-corrected chi connectivity index (χ3v) is 3.16. The molecule has 1 aliphatic rings. The molecule has 1 aromatic rings. The molecule has 0 fully saturated rings. The van der Waals surface area contributed by atoms with Gasteiger partial charge in [0.25, 0.3) is 5.56 Å². The lowest BCUT2D eigenvalue weighted by atomic mass is 10.0. The summed E-state index contributed by atoms with van der Waals surface area (Å²) in [6, 6.07) is 1.78. The van der Waals surface area contributed by atoms with Gasteiger partial charge in [-0.1, -0.05) is 0 Å². The number of nitrogens with two attached hydrogens (primary N) is 1. The Balaban J connectivity index is 2.18. The second-order valence-corrected chi connectivity index (χ2v) is 5.98. The number of nitrogens with zero attached hydrogens (tertiary/aromatic N) is 1. The molecule has 6 heteroatoms. The molecule has 1 amide bonds. The summed E-state index contributed by atoms with van der Waals surface area (Å²) in [6.07, 6.45) is 0.290. The zero-order chi connectivity index (χ0) is 14.9. The molecule has 2 heterocycles. The number of carbonyl (C=O) groups excluding carboxylic acids is 1. The summed E-state index contributed by atoms with van der Waals surface area (Å²) >= 11 is 0. The van der Waals surface area contributed by atoms with Crippen molar-refractivity contribution < 1.29 is 9.53 Å². The lowest BCUT2D eigenvalue weighted by Gasteiger charge is -2.31. The second-order valence-electron chi connectivity index (χ2n) is 5.98. The van der Waals surface area contributed by atoms with Gasteiger partial charge in [0.05, 0.1) is 6.54 Å². The van der Waals surface area contributed by atoms with Gasteiger partial charge in [-0.25, -0.2) is 4.79 Å². The van der Waals surface area contributed by atoms with E-state index in [-0.39, 0.29) is 18.2 Å². The van der Waals surface area contributed by atoms with Crippen LogP contribution in [-0.2, 0) is 24.2 Å². The van der Waals surface area contributed by atoms with E-state index in [0.717, 1.165) is 11.3 Å². The van der Waals surface area contributed by atoms with Crippen LogP contribution in [0, 0.1) is 0 Å². The van der Waals surface area contributed by atoms with Crippen molar-refractivity contribution >= 4 is 6.09 Å². The second kappa shape index (κ2) is 5.28. The Labute approximate surface area is 117 Å². The summed E-state index contributed by atoms with van der Waals surface area (Å²) in [4.78, 5) is 28.2. The highest BCUT2D eigenvalue weighted by atomic mass is 16.6. The Morgan fingerprint density at radius 2 is 2.20 bits per heavy atom. The molecule has 0 bridgehead atoms. The fourth-order valence-corrected chi connectivity index (χ4v) is 2.19. The number of hydrogen-bond donors (Lipinski definition) is 2. The van der Waals surface area contributed by atoms with Crippen molar-refractivity contribution in [3.63, 3.8) is 0 Å². The van der Waals surface area contributed by atoms with Crippen molar-refractivity contribution in [1.29, 1.82) is 0 Å². The first-order valence-electron chi connectivity index (χ1n) is 6.72. The van der Waals surface area contributed by atoms with Gasteiger partial charge >= 0.3 is 6.09 Å². The minimum atomic E-state index is -0.509. The highest BCUT2D eigenvalue weighted by Crippen LogP contribution is 2.19. The van der Waals surface area contributed by atoms with E-state index in [9.17, 15) is 9.59 Å². The van der Waals surface area contributed by atoms with Crippen LogP contribution in [0.1, 0.15) is 37.6 Å². The zero-order valence-electron chi connectivity index (χ0n) is 12.2. The van der Waals surface area contributed by atoms with E-state index >= 15 is 0 Å². The van der Waals surface area contributed by atoms with Crippen molar-refractivity contribution in [2.75, 3.05) is 6.54 Å². The molecule has 0 aromatic carbocycles. The smallest absolute Gasteiger partial charge is 0.410 e. The molecular weight excluding hydrogens is 258 g/mol. The molecule has 0 saturated carbocycles. The highest BCUT2D eigenvalue weighted by Gasteiger charge is 2.26. The monoisotopic (exact) mass is 279 g/mol. The summed E-state index contributed by atoms with van der Waals surface area (Å²) in [5.74, 6) is 0. The van der Waals surface area contributed by atoms with Crippen LogP contribution < -0.4 is 11.3 Å². The number of amides is 1. The number of pyridine rings is 1. The standard InChI is InChI=1S/C14H21N3O3/c1-14(2,3)20-13(19)17-5-4-11-10(8-17)6-9(7-15)12(18)16-11/h6H,4-5,7-8,15H2,1-3H3,(H,16,18). The molecule has 3 N–H and O–H groups in total. The van der Waals surface area contributed by atoms with Crippen LogP contribution in [0.5, 0.6) is 0 Å². The SMILES string of the molecule is CC(C)(C)OC(=O)N1CCc2[nH]c(=O)c(CN)cc2C1. The fourth-order valence-electron chi connectivity index (χ4n) is 2.19. The van der Waals surface area contributed by atoms with Crippen molar-refractivity contribution in [3.05, 3.63) is 33.2 Å². The van der Waals surface area contributed by atoms with Gasteiger partial charge in [0.1, 0.15) is 5.60 Å². The molecule has 110 valence electrons. The van der Waals surface area contributed by atoms with Crippen molar-refractivity contribution in [3.8, 4) is 0 Å². The third kappa shape index (κ3) is 3.19. The lowest BCUT2D eigenvalue weighted by Crippen LogP contribution is -2.40. The number of aromatic amines is 1. The number of hydrogen-bond acceptors (Lipinski definition) is 4. The number of nitrogens with one attached hydrogen (secondary N) is 1. The van der Waals surface area contributed by atoms with Crippen LogP contribution in [0.3, 0.4) is 0 Å². The Kier molecular flexibility index (Phi) is 3.85.